The van der Waals surface area contributed by atoms with Gasteiger partial charge in [0.05, 0.1) is 30.1 Å². The Bertz CT molecular complexity index is 1460. The van der Waals surface area contributed by atoms with Crippen molar-refractivity contribution in [2.45, 2.75) is 76.5 Å². The average Bonchev–Trinajstić information content (AvgIpc) is 3.23. The normalized spacial score (nSPS) is 21.0. The monoisotopic (exact) mass is 639 g/mol. The number of benzene rings is 1. The van der Waals surface area contributed by atoms with Crippen LogP contribution in [0.1, 0.15) is 39.2 Å². The third-order valence-electron chi connectivity index (χ3n) is 8.56. The Balaban J connectivity index is 1.53. The van der Waals surface area contributed by atoms with Crippen LogP contribution in [0.4, 0.5) is 15.0 Å². The lowest BCUT2D eigenvalue weighted by Gasteiger charge is -2.48. The van der Waals surface area contributed by atoms with E-state index < -0.39 is 19.3 Å². The van der Waals surface area contributed by atoms with Crippen molar-refractivity contribution in [2.24, 2.45) is 0 Å². The first-order valence-corrected chi connectivity index (χ1v) is 17.6. The van der Waals surface area contributed by atoms with Gasteiger partial charge in [-0.1, -0.05) is 74.3 Å². The summed E-state index contributed by atoms with van der Waals surface area (Å²) < 4.78 is 27.6. The molecule has 2 aromatic heterocycles. The average molecular weight is 641 g/mol. The van der Waals surface area contributed by atoms with Crippen LogP contribution in [0.2, 0.25) is 33.7 Å². The van der Waals surface area contributed by atoms with Gasteiger partial charge in [-0.2, -0.15) is 4.98 Å². The van der Waals surface area contributed by atoms with Gasteiger partial charge < -0.3 is 14.1 Å². The third-order valence-corrected chi connectivity index (χ3v) is 13.8. The van der Waals surface area contributed by atoms with E-state index in [0.717, 1.165) is 18.4 Å². The standard InChI is InChI=1S/C28H33Cl3FN5O3Si/c1-28(2,3)41(4,5)40-15-19-18-12-11-17(37(18)27(38)39-14-16-9-7-6-8-10-16)13-36(19)25-20-22(33-26(31)35-25)21(32)24(30)34-23(20)29/h6-10,17-19H,11-15H2,1-5H3/t17-,18+,19-/m0/s1. The van der Waals surface area contributed by atoms with E-state index >= 15 is 4.39 Å². The van der Waals surface area contributed by atoms with Gasteiger partial charge in [0.2, 0.25) is 5.28 Å². The largest absolute Gasteiger partial charge is 0.445 e. The van der Waals surface area contributed by atoms with Gasteiger partial charge >= 0.3 is 6.09 Å². The topological polar surface area (TPSA) is 80.7 Å². The molecule has 2 aliphatic heterocycles. The van der Waals surface area contributed by atoms with Gasteiger partial charge in [0.15, 0.2) is 19.3 Å². The summed E-state index contributed by atoms with van der Waals surface area (Å²) in [5, 5.41) is -0.385. The summed E-state index contributed by atoms with van der Waals surface area (Å²) in [6.07, 6.45) is 1.14. The zero-order valence-electron chi connectivity index (χ0n) is 23.6. The molecule has 4 heterocycles. The fourth-order valence-electron chi connectivity index (χ4n) is 5.34. The van der Waals surface area contributed by atoms with Crippen molar-refractivity contribution in [3.8, 4) is 0 Å². The minimum Gasteiger partial charge on any atom is -0.445 e. The second-order valence-electron chi connectivity index (χ2n) is 12.1. The SMILES string of the molecule is CC(C)(C)[Si](C)(C)OC[C@H]1[C@H]2CC[C@@H](CN1c1nc(Cl)nc3c(F)c(Cl)nc(Cl)c13)N2C(=O)OCc1ccccc1. The number of aromatic nitrogens is 3. The van der Waals surface area contributed by atoms with Crippen molar-refractivity contribution < 1.29 is 18.3 Å². The van der Waals surface area contributed by atoms with Crippen LogP contribution in [-0.2, 0) is 15.8 Å². The number of nitrogens with zero attached hydrogens (tertiary/aromatic N) is 5. The van der Waals surface area contributed by atoms with E-state index in [1.165, 1.54) is 0 Å². The van der Waals surface area contributed by atoms with Crippen LogP contribution >= 0.6 is 34.8 Å². The first-order chi connectivity index (χ1) is 19.3. The molecule has 2 bridgehead atoms. The molecule has 1 aromatic carbocycles. The molecule has 3 atom stereocenters. The number of rotatable bonds is 6. The third kappa shape index (κ3) is 5.86. The predicted molar refractivity (Wildman–Crippen MR) is 162 cm³/mol. The molecule has 0 unspecified atom stereocenters. The number of hydrogen-bond donors (Lipinski definition) is 0. The van der Waals surface area contributed by atoms with E-state index in [1.54, 1.807) is 0 Å². The molecule has 41 heavy (non-hydrogen) atoms. The van der Waals surface area contributed by atoms with Gasteiger partial charge in [0.1, 0.15) is 23.1 Å². The molecule has 3 aromatic rings. The number of amides is 1. The maximum absolute atomic E-state index is 15.1. The highest BCUT2D eigenvalue weighted by molar-refractivity contribution is 6.74. The Labute approximate surface area is 255 Å². The lowest BCUT2D eigenvalue weighted by Crippen LogP contribution is -2.64. The Kier molecular flexibility index (Phi) is 8.44. The molecule has 2 aliphatic rings. The number of carbonyl (C=O) groups excluding carboxylic acids is 1. The molecule has 0 N–H and O–H groups in total. The lowest BCUT2D eigenvalue weighted by atomic mass is 10.0. The summed E-state index contributed by atoms with van der Waals surface area (Å²) in [5.74, 6) is -0.483. The Morgan fingerprint density at radius 1 is 1.07 bits per heavy atom. The number of piperazine rings is 1. The van der Waals surface area contributed by atoms with Crippen LogP contribution in [0, 0.1) is 5.82 Å². The zero-order chi connectivity index (χ0) is 29.7. The highest BCUT2D eigenvalue weighted by Crippen LogP contribution is 2.43. The van der Waals surface area contributed by atoms with Gasteiger partial charge in [0.25, 0.3) is 0 Å². The van der Waals surface area contributed by atoms with E-state index in [0.29, 0.717) is 19.0 Å². The van der Waals surface area contributed by atoms with E-state index in [1.807, 2.05) is 40.1 Å². The van der Waals surface area contributed by atoms with E-state index in [-0.39, 0.29) is 57.2 Å². The van der Waals surface area contributed by atoms with E-state index in [2.05, 4.69) is 48.8 Å². The van der Waals surface area contributed by atoms with Crippen LogP contribution in [0.15, 0.2) is 30.3 Å². The minimum absolute atomic E-state index is 0.0285. The number of fused-ring (bicyclic) bond motifs is 3. The van der Waals surface area contributed by atoms with Gasteiger partial charge in [0, 0.05) is 6.54 Å². The molecular formula is C28H33Cl3FN5O3Si. The maximum Gasteiger partial charge on any atom is 0.410 e. The molecule has 0 aliphatic carbocycles. The predicted octanol–water partition coefficient (Wildman–Crippen LogP) is 7.50. The summed E-state index contributed by atoms with van der Waals surface area (Å²) in [4.78, 5) is 29.9. The molecule has 0 saturated carbocycles. The fourth-order valence-corrected chi connectivity index (χ4v) is 7.00. The number of halogens is 4. The summed E-state index contributed by atoms with van der Waals surface area (Å²) >= 11 is 18.8. The van der Waals surface area contributed by atoms with Crippen LogP contribution in [0.3, 0.4) is 0 Å². The first kappa shape index (κ1) is 30.2. The van der Waals surface area contributed by atoms with E-state index in [4.69, 9.17) is 44.0 Å². The minimum atomic E-state index is -2.18. The highest BCUT2D eigenvalue weighted by Gasteiger charge is 2.51. The van der Waals surface area contributed by atoms with Crippen molar-refractivity contribution in [2.75, 3.05) is 18.1 Å². The summed E-state index contributed by atoms with van der Waals surface area (Å²) in [6.45, 7) is 11.8. The van der Waals surface area contributed by atoms with Crippen LogP contribution in [0.5, 0.6) is 0 Å². The van der Waals surface area contributed by atoms with Crippen LogP contribution in [-0.4, -0.2) is 65.5 Å². The number of hydrogen-bond acceptors (Lipinski definition) is 7. The Morgan fingerprint density at radius 3 is 2.46 bits per heavy atom. The van der Waals surface area contributed by atoms with Gasteiger partial charge in [-0.3, -0.25) is 4.90 Å². The summed E-state index contributed by atoms with van der Waals surface area (Å²) in [7, 11) is -2.18. The number of carbonyl (C=O) groups is 1. The van der Waals surface area contributed by atoms with Crippen molar-refractivity contribution in [1.29, 1.82) is 0 Å². The second kappa shape index (κ2) is 11.4. The molecule has 8 nitrogen and oxygen atoms in total. The molecule has 2 saturated heterocycles. The number of ether oxygens (including phenoxy) is 1. The molecular weight excluding hydrogens is 608 g/mol. The lowest BCUT2D eigenvalue weighted by molar-refractivity contribution is 0.0570. The second-order valence-corrected chi connectivity index (χ2v) is 17.9. The molecule has 5 rings (SSSR count). The van der Waals surface area contributed by atoms with Crippen molar-refractivity contribution >= 4 is 65.9 Å². The Morgan fingerprint density at radius 2 is 1.78 bits per heavy atom. The smallest absolute Gasteiger partial charge is 0.410 e. The zero-order valence-corrected chi connectivity index (χ0v) is 26.9. The van der Waals surface area contributed by atoms with Gasteiger partial charge in [-0.15, -0.1) is 0 Å². The highest BCUT2D eigenvalue weighted by atomic mass is 35.5. The molecule has 2 fully saturated rings. The molecule has 0 spiro atoms. The van der Waals surface area contributed by atoms with Crippen molar-refractivity contribution in [1.82, 2.24) is 19.9 Å². The fraction of sp³-hybridized carbons (Fsp3) is 0.500. The van der Waals surface area contributed by atoms with Crippen LogP contribution < -0.4 is 4.90 Å². The quantitative estimate of drug-likeness (QED) is 0.157. The van der Waals surface area contributed by atoms with Crippen LogP contribution in [0.25, 0.3) is 10.9 Å². The summed E-state index contributed by atoms with van der Waals surface area (Å²) in [6, 6.07) is 8.83. The number of anilines is 1. The van der Waals surface area contributed by atoms with Crippen molar-refractivity contribution in [3.63, 3.8) is 0 Å². The molecule has 13 heteroatoms. The van der Waals surface area contributed by atoms with Crippen molar-refractivity contribution in [3.05, 3.63) is 57.3 Å². The molecule has 0 radical (unpaired) electrons. The maximum atomic E-state index is 15.1. The first-order valence-electron chi connectivity index (χ1n) is 13.6. The number of pyridine rings is 1. The summed E-state index contributed by atoms with van der Waals surface area (Å²) in [5.41, 5.74) is 0.806. The molecule has 220 valence electrons. The Hall–Kier alpha value is -2.24. The molecule has 1 amide bonds. The van der Waals surface area contributed by atoms with Gasteiger partial charge in [-0.25, -0.2) is 19.2 Å². The van der Waals surface area contributed by atoms with Gasteiger partial charge in [-0.05, 0) is 48.1 Å². The van der Waals surface area contributed by atoms with E-state index in [9.17, 15) is 4.79 Å².